The molecule has 0 saturated heterocycles. The molecule has 1 nitrogen and oxygen atoms in total. The Morgan fingerprint density at radius 1 is 1.50 bits per heavy atom. The molecule has 0 bridgehead atoms. The van der Waals surface area contributed by atoms with E-state index in [9.17, 15) is 4.39 Å². The van der Waals surface area contributed by atoms with Crippen LogP contribution in [0.4, 0.5) is 4.39 Å². The van der Waals surface area contributed by atoms with Gasteiger partial charge in [-0.25, -0.2) is 4.39 Å². The summed E-state index contributed by atoms with van der Waals surface area (Å²) in [6.45, 7) is 1.90. The molecule has 0 radical (unpaired) electrons. The Kier molecular flexibility index (Phi) is 3.06. The van der Waals surface area contributed by atoms with Crippen molar-refractivity contribution >= 4 is 11.6 Å². The average Bonchev–Trinajstić information content (AvgIpc) is 2.03. The maximum absolute atomic E-state index is 13.2. The zero-order chi connectivity index (χ0) is 9.14. The van der Waals surface area contributed by atoms with Crippen LogP contribution in [0.2, 0.25) is 5.02 Å². The second-order valence-corrected chi connectivity index (χ2v) is 3.11. The van der Waals surface area contributed by atoms with Crippen LogP contribution in [0.5, 0.6) is 0 Å². The Balaban J connectivity index is 3.01. The first-order chi connectivity index (χ1) is 5.65. The lowest BCUT2D eigenvalue weighted by Gasteiger charge is -2.11. The predicted molar refractivity (Wildman–Crippen MR) is 48.9 cm³/mol. The average molecular weight is 188 g/mol. The molecule has 0 aromatic heterocycles. The quantitative estimate of drug-likeness (QED) is 0.751. The smallest absolute Gasteiger partial charge is 0.129 e. The molecule has 0 fully saturated rings. The minimum absolute atomic E-state index is 0.0160. The minimum atomic E-state index is -0.260. The van der Waals surface area contributed by atoms with Gasteiger partial charge in [-0.2, -0.15) is 0 Å². The summed E-state index contributed by atoms with van der Waals surface area (Å²) in [5.74, 6) is -0.260. The monoisotopic (exact) mass is 187 g/mol. The van der Waals surface area contributed by atoms with Crippen LogP contribution < -0.4 is 5.32 Å². The van der Waals surface area contributed by atoms with Crippen LogP contribution in [0.15, 0.2) is 18.2 Å². The first-order valence-electron chi connectivity index (χ1n) is 3.77. The van der Waals surface area contributed by atoms with Gasteiger partial charge in [0.2, 0.25) is 0 Å². The number of nitrogens with one attached hydrogen (secondary N) is 1. The molecule has 1 aromatic rings. The van der Waals surface area contributed by atoms with E-state index in [2.05, 4.69) is 5.32 Å². The van der Waals surface area contributed by atoms with Crippen LogP contribution in [0, 0.1) is 5.82 Å². The molecule has 0 aliphatic carbocycles. The highest BCUT2D eigenvalue weighted by Crippen LogP contribution is 2.19. The van der Waals surface area contributed by atoms with Crippen molar-refractivity contribution in [2.45, 2.75) is 13.0 Å². The Morgan fingerprint density at radius 2 is 2.17 bits per heavy atom. The standard InChI is InChI=1S/C9H11ClFN/c1-6(12-2)8-4-3-7(10)5-9(8)11/h3-6,12H,1-2H3/t6-/m0/s1. The molecule has 0 amide bonds. The first kappa shape index (κ1) is 9.49. The summed E-state index contributed by atoms with van der Waals surface area (Å²) < 4.78 is 13.2. The fourth-order valence-electron chi connectivity index (χ4n) is 1.01. The highest BCUT2D eigenvalue weighted by atomic mass is 35.5. The molecular formula is C9H11ClFN. The Labute approximate surface area is 76.5 Å². The summed E-state index contributed by atoms with van der Waals surface area (Å²) in [6, 6.07) is 4.72. The number of hydrogen-bond acceptors (Lipinski definition) is 1. The second kappa shape index (κ2) is 3.87. The molecule has 3 heteroatoms. The highest BCUT2D eigenvalue weighted by Gasteiger charge is 2.08. The van der Waals surface area contributed by atoms with Crippen molar-refractivity contribution in [1.82, 2.24) is 5.32 Å². The summed E-state index contributed by atoms with van der Waals surface area (Å²) in [5, 5.41) is 3.39. The molecule has 66 valence electrons. The SMILES string of the molecule is CN[C@@H](C)c1ccc(Cl)cc1F. The van der Waals surface area contributed by atoms with Gasteiger partial charge in [0.15, 0.2) is 0 Å². The van der Waals surface area contributed by atoms with E-state index in [1.807, 2.05) is 6.92 Å². The molecule has 1 rings (SSSR count). The third-order valence-electron chi connectivity index (χ3n) is 1.86. The van der Waals surface area contributed by atoms with Crippen molar-refractivity contribution in [3.63, 3.8) is 0 Å². The third kappa shape index (κ3) is 1.96. The maximum Gasteiger partial charge on any atom is 0.129 e. The Bertz CT molecular complexity index is 275. The maximum atomic E-state index is 13.2. The number of halogens is 2. The topological polar surface area (TPSA) is 12.0 Å². The van der Waals surface area contributed by atoms with Crippen LogP contribution in [-0.2, 0) is 0 Å². The van der Waals surface area contributed by atoms with Gasteiger partial charge in [-0.15, -0.1) is 0 Å². The fraction of sp³-hybridized carbons (Fsp3) is 0.333. The summed E-state index contributed by atoms with van der Waals surface area (Å²) in [6.07, 6.45) is 0. The van der Waals surface area contributed by atoms with Gasteiger partial charge in [0.25, 0.3) is 0 Å². The van der Waals surface area contributed by atoms with Gasteiger partial charge in [0, 0.05) is 16.6 Å². The van der Waals surface area contributed by atoms with Crippen molar-refractivity contribution in [2.24, 2.45) is 0 Å². The highest BCUT2D eigenvalue weighted by molar-refractivity contribution is 6.30. The molecule has 1 atom stereocenters. The van der Waals surface area contributed by atoms with E-state index in [4.69, 9.17) is 11.6 Å². The number of hydrogen-bond donors (Lipinski definition) is 1. The number of rotatable bonds is 2. The molecule has 1 N–H and O–H groups in total. The number of benzene rings is 1. The Hall–Kier alpha value is -0.600. The lowest BCUT2D eigenvalue weighted by Crippen LogP contribution is -2.13. The van der Waals surface area contributed by atoms with Gasteiger partial charge < -0.3 is 5.32 Å². The van der Waals surface area contributed by atoms with Gasteiger partial charge in [-0.1, -0.05) is 17.7 Å². The van der Waals surface area contributed by atoms with Crippen molar-refractivity contribution in [3.05, 3.63) is 34.6 Å². The van der Waals surface area contributed by atoms with E-state index in [1.54, 1.807) is 19.2 Å². The van der Waals surface area contributed by atoms with Crippen molar-refractivity contribution in [1.29, 1.82) is 0 Å². The van der Waals surface area contributed by atoms with E-state index < -0.39 is 0 Å². The second-order valence-electron chi connectivity index (χ2n) is 2.68. The van der Waals surface area contributed by atoms with Gasteiger partial charge in [-0.3, -0.25) is 0 Å². The van der Waals surface area contributed by atoms with Crippen molar-refractivity contribution in [3.8, 4) is 0 Å². The molecule has 0 spiro atoms. The molecule has 0 saturated carbocycles. The Morgan fingerprint density at radius 3 is 2.67 bits per heavy atom. The molecule has 12 heavy (non-hydrogen) atoms. The normalized spacial score (nSPS) is 13.0. The van der Waals surface area contributed by atoms with E-state index in [0.717, 1.165) is 0 Å². The van der Waals surface area contributed by atoms with Crippen LogP contribution in [0.25, 0.3) is 0 Å². The van der Waals surface area contributed by atoms with Crippen molar-refractivity contribution < 1.29 is 4.39 Å². The summed E-state index contributed by atoms with van der Waals surface area (Å²) in [4.78, 5) is 0. The van der Waals surface area contributed by atoms with Crippen LogP contribution in [0.1, 0.15) is 18.5 Å². The summed E-state index contributed by atoms with van der Waals surface area (Å²) in [5.41, 5.74) is 0.641. The molecule has 1 aromatic carbocycles. The van der Waals surface area contributed by atoms with Crippen LogP contribution in [-0.4, -0.2) is 7.05 Å². The fourth-order valence-corrected chi connectivity index (χ4v) is 1.17. The molecular weight excluding hydrogens is 177 g/mol. The molecule has 0 aliphatic rings. The predicted octanol–water partition coefficient (Wildman–Crippen LogP) is 2.76. The van der Waals surface area contributed by atoms with Gasteiger partial charge >= 0.3 is 0 Å². The zero-order valence-electron chi connectivity index (χ0n) is 7.07. The van der Waals surface area contributed by atoms with Gasteiger partial charge in [0.05, 0.1) is 0 Å². The minimum Gasteiger partial charge on any atom is -0.313 e. The summed E-state index contributed by atoms with van der Waals surface area (Å²) in [7, 11) is 1.79. The third-order valence-corrected chi connectivity index (χ3v) is 2.10. The molecule has 0 heterocycles. The van der Waals surface area contributed by atoms with Gasteiger partial charge in [-0.05, 0) is 26.1 Å². The zero-order valence-corrected chi connectivity index (χ0v) is 7.82. The largest absolute Gasteiger partial charge is 0.313 e. The van der Waals surface area contributed by atoms with E-state index in [-0.39, 0.29) is 11.9 Å². The first-order valence-corrected chi connectivity index (χ1v) is 4.15. The van der Waals surface area contributed by atoms with Crippen molar-refractivity contribution in [2.75, 3.05) is 7.05 Å². The summed E-state index contributed by atoms with van der Waals surface area (Å²) >= 11 is 5.60. The molecule has 0 aliphatic heterocycles. The van der Waals surface area contributed by atoms with E-state index >= 15 is 0 Å². The molecule has 0 unspecified atom stereocenters. The lowest BCUT2D eigenvalue weighted by atomic mass is 10.1. The van der Waals surface area contributed by atoms with Gasteiger partial charge in [0.1, 0.15) is 5.82 Å². The van der Waals surface area contributed by atoms with E-state index in [0.29, 0.717) is 10.6 Å². The van der Waals surface area contributed by atoms with Crippen LogP contribution >= 0.6 is 11.6 Å². The van der Waals surface area contributed by atoms with E-state index in [1.165, 1.54) is 6.07 Å². The van der Waals surface area contributed by atoms with Crippen LogP contribution in [0.3, 0.4) is 0 Å². The lowest BCUT2D eigenvalue weighted by molar-refractivity contribution is 0.562.